The molecule has 50 heavy (non-hydrogen) atoms. The molecule has 2 heterocycles. The molecule has 0 saturated heterocycles. The topological polar surface area (TPSA) is 25.8 Å². The molecule has 0 aliphatic heterocycles. The molecule has 0 N–H and O–H groups in total. The zero-order valence-electron chi connectivity index (χ0n) is 27.4. The van der Waals surface area contributed by atoms with Crippen molar-refractivity contribution < 1.29 is 0 Å². The van der Waals surface area contributed by atoms with Gasteiger partial charge in [-0.3, -0.25) is 4.98 Å². The standard InChI is InChI=1S/C48H32N2/c1-3-11-33(12-4-1)37-16-9-18-39(27-37)40-25-26-47-45(30-40)44(31-48(50-47)42-19-10-17-38(28-42)34-13-5-2-6-14-34)36-23-21-35(22-24-36)43-29-41-15-7-8-20-46(41)49-32-43/h1-32H. The maximum Gasteiger partial charge on any atom is 0.0716 e. The van der Waals surface area contributed by atoms with Crippen LogP contribution in [-0.4, -0.2) is 9.97 Å². The van der Waals surface area contributed by atoms with Gasteiger partial charge in [-0.1, -0.05) is 146 Å². The first kappa shape index (κ1) is 29.5. The van der Waals surface area contributed by atoms with E-state index < -0.39 is 0 Å². The van der Waals surface area contributed by atoms with E-state index in [1.807, 2.05) is 12.3 Å². The van der Waals surface area contributed by atoms with Crippen LogP contribution in [0.3, 0.4) is 0 Å². The summed E-state index contributed by atoms with van der Waals surface area (Å²) in [5.41, 5.74) is 15.7. The number of para-hydroxylation sites is 1. The molecule has 9 rings (SSSR count). The average molecular weight is 637 g/mol. The summed E-state index contributed by atoms with van der Waals surface area (Å²) < 4.78 is 0. The Bertz CT molecular complexity index is 2620. The van der Waals surface area contributed by atoms with Gasteiger partial charge in [0, 0.05) is 28.1 Å². The molecular weight excluding hydrogens is 605 g/mol. The van der Waals surface area contributed by atoms with E-state index in [9.17, 15) is 0 Å². The minimum absolute atomic E-state index is 0.951. The van der Waals surface area contributed by atoms with Crippen LogP contribution in [0.15, 0.2) is 194 Å². The third kappa shape index (κ3) is 5.74. The van der Waals surface area contributed by atoms with Gasteiger partial charge in [0.1, 0.15) is 0 Å². The van der Waals surface area contributed by atoms with Crippen LogP contribution in [0.25, 0.3) is 88.7 Å². The summed E-state index contributed by atoms with van der Waals surface area (Å²) in [6, 6.07) is 66.8. The lowest BCUT2D eigenvalue weighted by Crippen LogP contribution is -1.92. The smallest absolute Gasteiger partial charge is 0.0716 e. The molecule has 0 aliphatic carbocycles. The molecule has 2 heteroatoms. The molecule has 2 nitrogen and oxygen atoms in total. The molecule has 234 valence electrons. The van der Waals surface area contributed by atoms with Gasteiger partial charge in [0.15, 0.2) is 0 Å². The number of rotatable bonds is 6. The van der Waals surface area contributed by atoms with Gasteiger partial charge in [-0.15, -0.1) is 0 Å². The first-order valence-corrected chi connectivity index (χ1v) is 17.0. The normalized spacial score (nSPS) is 11.2. The molecule has 0 amide bonds. The van der Waals surface area contributed by atoms with Gasteiger partial charge in [-0.25, -0.2) is 4.98 Å². The van der Waals surface area contributed by atoms with E-state index in [1.165, 1.54) is 27.8 Å². The van der Waals surface area contributed by atoms with Crippen molar-refractivity contribution in [2.75, 3.05) is 0 Å². The quantitative estimate of drug-likeness (QED) is 0.181. The van der Waals surface area contributed by atoms with Gasteiger partial charge in [0.25, 0.3) is 0 Å². The van der Waals surface area contributed by atoms with Crippen molar-refractivity contribution in [2.45, 2.75) is 0 Å². The SMILES string of the molecule is c1ccc(-c2cccc(-c3ccc4nc(-c5cccc(-c6ccccc6)c5)cc(-c5ccc(-c6cnc7ccccc7c6)cc5)c4c3)c2)cc1. The van der Waals surface area contributed by atoms with Crippen molar-refractivity contribution in [2.24, 2.45) is 0 Å². The lowest BCUT2D eigenvalue weighted by atomic mass is 9.93. The molecule has 0 radical (unpaired) electrons. The summed E-state index contributed by atoms with van der Waals surface area (Å²) in [6.07, 6.45) is 1.97. The van der Waals surface area contributed by atoms with Gasteiger partial charge in [-0.2, -0.15) is 0 Å². The number of aromatic nitrogens is 2. The number of benzene rings is 7. The van der Waals surface area contributed by atoms with Crippen LogP contribution in [0.2, 0.25) is 0 Å². The molecule has 0 fully saturated rings. The zero-order chi connectivity index (χ0) is 33.3. The number of fused-ring (bicyclic) bond motifs is 2. The Labute approximate surface area is 292 Å². The number of pyridine rings is 2. The Morgan fingerprint density at radius 2 is 0.820 bits per heavy atom. The molecule has 0 saturated carbocycles. The Hall–Kier alpha value is -6.64. The summed E-state index contributed by atoms with van der Waals surface area (Å²) in [4.78, 5) is 9.96. The van der Waals surface area contributed by atoms with E-state index in [2.05, 4.69) is 182 Å². The second kappa shape index (κ2) is 12.8. The van der Waals surface area contributed by atoms with Crippen molar-refractivity contribution >= 4 is 21.8 Å². The monoisotopic (exact) mass is 636 g/mol. The first-order chi connectivity index (χ1) is 24.7. The lowest BCUT2D eigenvalue weighted by Gasteiger charge is -2.14. The number of hydrogen-bond acceptors (Lipinski definition) is 2. The second-order valence-electron chi connectivity index (χ2n) is 12.7. The Balaban J connectivity index is 1.17. The van der Waals surface area contributed by atoms with Crippen molar-refractivity contribution in [1.29, 1.82) is 0 Å². The van der Waals surface area contributed by atoms with Gasteiger partial charge in [0.2, 0.25) is 0 Å². The summed E-state index contributed by atoms with van der Waals surface area (Å²) in [7, 11) is 0. The molecule has 2 aromatic heterocycles. The Kier molecular flexibility index (Phi) is 7.53. The van der Waals surface area contributed by atoms with Gasteiger partial charge >= 0.3 is 0 Å². The summed E-state index contributed by atoms with van der Waals surface area (Å²) in [5.74, 6) is 0. The third-order valence-electron chi connectivity index (χ3n) is 9.50. The van der Waals surface area contributed by atoms with Crippen LogP contribution in [0.1, 0.15) is 0 Å². The molecular formula is C48H32N2. The van der Waals surface area contributed by atoms with Crippen LogP contribution in [0, 0.1) is 0 Å². The lowest BCUT2D eigenvalue weighted by molar-refractivity contribution is 1.39. The summed E-state index contributed by atoms with van der Waals surface area (Å²) >= 11 is 0. The fourth-order valence-corrected chi connectivity index (χ4v) is 6.86. The van der Waals surface area contributed by atoms with E-state index in [-0.39, 0.29) is 0 Å². The van der Waals surface area contributed by atoms with Gasteiger partial charge in [-0.05, 0) is 92.5 Å². The first-order valence-electron chi connectivity index (χ1n) is 17.0. The molecule has 0 spiro atoms. The van der Waals surface area contributed by atoms with Crippen molar-refractivity contribution in [3.05, 3.63) is 194 Å². The maximum atomic E-state index is 5.25. The fourth-order valence-electron chi connectivity index (χ4n) is 6.86. The van der Waals surface area contributed by atoms with Crippen LogP contribution in [0.4, 0.5) is 0 Å². The maximum absolute atomic E-state index is 5.25. The Morgan fingerprint density at radius 3 is 1.54 bits per heavy atom. The predicted octanol–water partition coefficient (Wildman–Crippen LogP) is 12.8. The van der Waals surface area contributed by atoms with E-state index in [1.54, 1.807) is 0 Å². The van der Waals surface area contributed by atoms with Crippen molar-refractivity contribution in [3.63, 3.8) is 0 Å². The van der Waals surface area contributed by atoms with Gasteiger partial charge < -0.3 is 0 Å². The molecule has 9 aromatic rings. The average Bonchev–Trinajstić information content (AvgIpc) is 3.21. The van der Waals surface area contributed by atoms with E-state index in [4.69, 9.17) is 9.97 Å². The molecule has 0 unspecified atom stereocenters. The van der Waals surface area contributed by atoms with E-state index >= 15 is 0 Å². The number of nitrogens with zero attached hydrogens (tertiary/aromatic N) is 2. The predicted molar refractivity (Wildman–Crippen MR) is 210 cm³/mol. The molecule has 7 aromatic carbocycles. The molecule has 0 bridgehead atoms. The Morgan fingerprint density at radius 1 is 0.300 bits per heavy atom. The van der Waals surface area contributed by atoms with Crippen molar-refractivity contribution in [1.82, 2.24) is 9.97 Å². The van der Waals surface area contributed by atoms with E-state index in [0.717, 1.165) is 60.9 Å². The van der Waals surface area contributed by atoms with Crippen LogP contribution in [-0.2, 0) is 0 Å². The fraction of sp³-hybridized carbons (Fsp3) is 0. The molecule has 0 aliphatic rings. The second-order valence-corrected chi connectivity index (χ2v) is 12.7. The molecule has 0 atom stereocenters. The highest BCUT2D eigenvalue weighted by atomic mass is 14.7. The van der Waals surface area contributed by atoms with E-state index in [0.29, 0.717) is 0 Å². The van der Waals surface area contributed by atoms with Crippen LogP contribution in [0.5, 0.6) is 0 Å². The van der Waals surface area contributed by atoms with Crippen molar-refractivity contribution in [3.8, 4) is 66.9 Å². The zero-order valence-corrected chi connectivity index (χ0v) is 27.4. The van der Waals surface area contributed by atoms with Crippen LogP contribution >= 0.6 is 0 Å². The highest BCUT2D eigenvalue weighted by Crippen LogP contribution is 2.37. The highest BCUT2D eigenvalue weighted by Gasteiger charge is 2.13. The van der Waals surface area contributed by atoms with Crippen LogP contribution < -0.4 is 0 Å². The number of hydrogen-bond donors (Lipinski definition) is 0. The largest absolute Gasteiger partial charge is 0.256 e. The minimum Gasteiger partial charge on any atom is -0.256 e. The summed E-state index contributed by atoms with van der Waals surface area (Å²) in [6.45, 7) is 0. The summed E-state index contributed by atoms with van der Waals surface area (Å²) in [5, 5.41) is 2.26. The highest BCUT2D eigenvalue weighted by molar-refractivity contribution is 5.99. The van der Waals surface area contributed by atoms with Gasteiger partial charge in [0.05, 0.1) is 16.7 Å². The third-order valence-corrected chi connectivity index (χ3v) is 9.50. The minimum atomic E-state index is 0.951.